The number of ether oxygens (including phenoxy) is 3. The predicted molar refractivity (Wildman–Crippen MR) is 96.5 cm³/mol. The van der Waals surface area contributed by atoms with Gasteiger partial charge in [-0.2, -0.15) is 0 Å². The van der Waals surface area contributed by atoms with Gasteiger partial charge in [0, 0.05) is 19.2 Å². The maximum Gasteiger partial charge on any atom is 0.310 e. The van der Waals surface area contributed by atoms with E-state index in [1.807, 2.05) is 6.07 Å². The Morgan fingerprint density at radius 1 is 1.20 bits per heavy atom. The second-order valence-corrected chi connectivity index (χ2v) is 5.40. The van der Waals surface area contributed by atoms with Crippen molar-refractivity contribution < 1.29 is 23.8 Å². The third-order valence-electron chi connectivity index (χ3n) is 3.58. The molecule has 0 saturated carbocycles. The van der Waals surface area contributed by atoms with E-state index < -0.39 is 5.92 Å². The molecule has 0 bridgehead atoms. The van der Waals surface area contributed by atoms with Gasteiger partial charge in [-0.1, -0.05) is 19.1 Å². The summed E-state index contributed by atoms with van der Waals surface area (Å²) < 4.78 is 15.1. The molecule has 1 unspecified atom stereocenters. The van der Waals surface area contributed by atoms with Crippen molar-refractivity contribution in [3.63, 3.8) is 0 Å². The highest BCUT2D eigenvalue weighted by Crippen LogP contribution is 2.27. The van der Waals surface area contributed by atoms with E-state index in [9.17, 15) is 9.59 Å². The molecule has 25 heavy (non-hydrogen) atoms. The minimum atomic E-state index is -0.414. The fraction of sp³-hybridized carbons (Fsp3) is 0.368. The largest absolute Gasteiger partial charge is 0.493 e. The van der Waals surface area contributed by atoms with E-state index in [2.05, 4.69) is 6.58 Å². The summed E-state index contributed by atoms with van der Waals surface area (Å²) in [6.07, 6.45) is 4.75. The number of methoxy groups -OCH3 is 3. The van der Waals surface area contributed by atoms with Crippen LogP contribution in [0.25, 0.3) is 6.08 Å². The monoisotopic (exact) mass is 347 g/mol. The molecule has 0 heterocycles. The van der Waals surface area contributed by atoms with Crippen LogP contribution in [-0.2, 0) is 14.3 Å². The molecule has 0 aliphatic rings. The van der Waals surface area contributed by atoms with Crippen LogP contribution in [-0.4, -0.2) is 51.2 Å². The maximum atomic E-state index is 12.4. The van der Waals surface area contributed by atoms with E-state index >= 15 is 0 Å². The molecular formula is C19H25NO5. The van der Waals surface area contributed by atoms with E-state index in [1.54, 1.807) is 45.4 Å². The van der Waals surface area contributed by atoms with Gasteiger partial charge in [0.05, 0.1) is 27.2 Å². The van der Waals surface area contributed by atoms with Crippen molar-refractivity contribution in [1.82, 2.24) is 4.90 Å². The van der Waals surface area contributed by atoms with Crippen molar-refractivity contribution in [2.24, 2.45) is 5.92 Å². The number of esters is 1. The quantitative estimate of drug-likeness (QED) is 0.390. The van der Waals surface area contributed by atoms with Crippen LogP contribution in [0, 0.1) is 5.92 Å². The lowest BCUT2D eigenvalue weighted by atomic mass is 10.1. The highest BCUT2D eigenvalue weighted by molar-refractivity contribution is 5.92. The van der Waals surface area contributed by atoms with Crippen LogP contribution < -0.4 is 9.47 Å². The van der Waals surface area contributed by atoms with Crippen LogP contribution in [0.1, 0.15) is 12.5 Å². The highest BCUT2D eigenvalue weighted by atomic mass is 16.5. The van der Waals surface area contributed by atoms with Crippen molar-refractivity contribution in [2.45, 2.75) is 6.92 Å². The van der Waals surface area contributed by atoms with Crippen LogP contribution >= 0.6 is 0 Å². The normalized spacial score (nSPS) is 11.7. The molecule has 1 aromatic carbocycles. The maximum absolute atomic E-state index is 12.4. The summed E-state index contributed by atoms with van der Waals surface area (Å²) in [5, 5.41) is 0. The van der Waals surface area contributed by atoms with Crippen molar-refractivity contribution in [1.29, 1.82) is 0 Å². The lowest BCUT2D eigenvalue weighted by molar-refractivity contribution is -0.145. The summed E-state index contributed by atoms with van der Waals surface area (Å²) in [6.45, 7) is 5.97. The number of nitrogens with zero attached hydrogens (tertiary/aromatic N) is 1. The third-order valence-corrected chi connectivity index (χ3v) is 3.58. The standard InChI is InChI=1S/C19H25NO5/c1-6-11-20(13-14(2)19(22)25-5)18(21)10-8-15-7-9-16(23-3)17(12-15)24-4/h6-10,12,14H,1,11,13H2,2-5H3/b10-8+. The summed E-state index contributed by atoms with van der Waals surface area (Å²) >= 11 is 0. The Hall–Kier alpha value is -2.76. The molecular weight excluding hydrogens is 322 g/mol. The second kappa shape index (κ2) is 10.2. The van der Waals surface area contributed by atoms with Crippen LogP contribution in [0.4, 0.5) is 0 Å². The summed E-state index contributed by atoms with van der Waals surface area (Å²) in [7, 11) is 4.44. The van der Waals surface area contributed by atoms with E-state index in [1.165, 1.54) is 18.1 Å². The van der Waals surface area contributed by atoms with Gasteiger partial charge in [0.25, 0.3) is 0 Å². The van der Waals surface area contributed by atoms with Gasteiger partial charge in [0.15, 0.2) is 11.5 Å². The molecule has 0 saturated heterocycles. The molecule has 0 aliphatic heterocycles. The molecule has 0 aliphatic carbocycles. The average Bonchev–Trinajstić information content (AvgIpc) is 2.64. The van der Waals surface area contributed by atoms with Crippen molar-refractivity contribution in [3.8, 4) is 11.5 Å². The molecule has 0 N–H and O–H groups in total. The molecule has 136 valence electrons. The number of amides is 1. The van der Waals surface area contributed by atoms with Gasteiger partial charge in [0.2, 0.25) is 5.91 Å². The molecule has 6 nitrogen and oxygen atoms in total. The summed E-state index contributed by atoms with van der Waals surface area (Å²) in [5.41, 5.74) is 0.797. The zero-order chi connectivity index (χ0) is 18.8. The van der Waals surface area contributed by atoms with E-state index in [0.717, 1.165) is 5.56 Å². The fourth-order valence-electron chi connectivity index (χ4n) is 2.25. The Morgan fingerprint density at radius 2 is 1.88 bits per heavy atom. The molecule has 1 aromatic rings. The third kappa shape index (κ3) is 5.99. The van der Waals surface area contributed by atoms with Gasteiger partial charge >= 0.3 is 5.97 Å². The minimum absolute atomic E-state index is 0.217. The fourth-order valence-corrected chi connectivity index (χ4v) is 2.25. The number of carbonyl (C=O) groups is 2. The van der Waals surface area contributed by atoms with Gasteiger partial charge in [-0.05, 0) is 23.8 Å². The molecule has 6 heteroatoms. The molecule has 0 aromatic heterocycles. The second-order valence-electron chi connectivity index (χ2n) is 5.40. The topological polar surface area (TPSA) is 65.1 Å². The van der Waals surface area contributed by atoms with Crippen molar-refractivity contribution in [2.75, 3.05) is 34.4 Å². The zero-order valence-electron chi connectivity index (χ0n) is 15.2. The van der Waals surface area contributed by atoms with Gasteiger partial charge in [-0.25, -0.2) is 0 Å². The van der Waals surface area contributed by atoms with E-state index in [0.29, 0.717) is 18.0 Å². The molecule has 0 fully saturated rings. The first-order valence-corrected chi connectivity index (χ1v) is 7.84. The first-order valence-electron chi connectivity index (χ1n) is 7.84. The Morgan fingerprint density at radius 3 is 2.44 bits per heavy atom. The van der Waals surface area contributed by atoms with Gasteiger partial charge in [-0.15, -0.1) is 6.58 Å². The van der Waals surface area contributed by atoms with Crippen LogP contribution in [0.5, 0.6) is 11.5 Å². The molecule has 1 atom stereocenters. The van der Waals surface area contributed by atoms with Crippen LogP contribution in [0.2, 0.25) is 0 Å². The number of hydrogen-bond acceptors (Lipinski definition) is 5. The Labute approximate surface area is 148 Å². The summed E-state index contributed by atoms with van der Waals surface area (Å²) in [6, 6.07) is 5.36. The van der Waals surface area contributed by atoms with Gasteiger partial charge in [0.1, 0.15) is 0 Å². The lowest BCUT2D eigenvalue weighted by Gasteiger charge is -2.22. The number of hydrogen-bond donors (Lipinski definition) is 0. The molecule has 0 spiro atoms. The SMILES string of the molecule is C=CCN(CC(C)C(=O)OC)C(=O)/C=C/c1ccc(OC)c(OC)c1. The minimum Gasteiger partial charge on any atom is -0.493 e. The van der Waals surface area contributed by atoms with Gasteiger partial charge in [-0.3, -0.25) is 9.59 Å². The summed E-state index contributed by atoms with van der Waals surface area (Å²) in [5.74, 6) is 0.213. The Kier molecular flexibility index (Phi) is 8.26. The molecule has 1 amide bonds. The molecule has 1 rings (SSSR count). The van der Waals surface area contributed by atoms with Crippen molar-refractivity contribution in [3.05, 3.63) is 42.5 Å². The zero-order valence-corrected chi connectivity index (χ0v) is 15.2. The summed E-state index contributed by atoms with van der Waals surface area (Å²) in [4.78, 5) is 25.5. The predicted octanol–water partition coefficient (Wildman–Crippen LogP) is 2.54. The van der Waals surface area contributed by atoms with E-state index in [4.69, 9.17) is 14.2 Å². The van der Waals surface area contributed by atoms with E-state index in [-0.39, 0.29) is 18.4 Å². The Bertz CT molecular complexity index is 639. The highest BCUT2D eigenvalue weighted by Gasteiger charge is 2.19. The number of carbonyl (C=O) groups excluding carboxylic acids is 2. The lowest BCUT2D eigenvalue weighted by Crippen LogP contribution is -2.36. The Balaban J connectivity index is 2.87. The number of rotatable bonds is 9. The van der Waals surface area contributed by atoms with Crippen LogP contribution in [0.15, 0.2) is 36.9 Å². The smallest absolute Gasteiger partial charge is 0.310 e. The first kappa shape index (κ1) is 20.3. The van der Waals surface area contributed by atoms with Gasteiger partial charge < -0.3 is 19.1 Å². The molecule has 0 radical (unpaired) electrons. The average molecular weight is 347 g/mol. The van der Waals surface area contributed by atoms with Crippen LogP contribution in [0.3, 0.4) is 0 Å². The first-order chi connectivity index (χ1) is 12.0. The number of benzene rings is 1. The van der Waals surface area contributed by atoms with Crippen molar-refractivity contribution >= 4 is 18.0 Å².